The first kappa shape index (κ1) is 19.1. The molecule has 3 rings (SSSR count). The number of hydrogen-bond acceptors (Lipinski definition) is 4. The molecule has 1 heterocycles. The number of ether oxygens (including phenoxy) is 1. The van der Waals surface area contributed by atoms with Crippen molar-refractivity contribution in [3.05, 3.63) is 79.9 Å². The molecule has 1 aromatic heterocycles. The zero-order valence-electron chi connectivity index (χ0n) is 15.1. The molecule has 0 saturated heterocycles. The fourth-order valence-corrected chi connectivity index (χ4v) is 3.28. The van der Waals surface area contributed by atoms with Gasteiger partial charge in [0.2, 0.25) is 0 Å². The molecule has 0 aliphatic carbocycles. The Hall–Kier alpha value is -2.66. The van der Waals surface area contributed by atoms with E-state index in [9.17, 15) is 14.0 Å². The Kier molecular flexibility index (Phi) is 5.33. The van der Waals surface area contributed by atoms with Crippen LogP contribution in [0.2, 0.25) is 5.02 Å². The van der Waals surface area contributed by atoms with Crippen LogP contribution in [-0.2, 0) is 11.3 Å². The van der Waals surface area contributed by atoms with E-state index < -0.39 is 17.4 Å². The molecule has 3 aromatic rings. The van der Waals surface area contributed by atoms with E-state index >= 15 is 0 Å². The number of esters is 1. The molecule has 0 atom stereocenters. The van der Waals surface area contributed by atoms with E-state index in [4.69, 9.17) is 20.8 Å². The van der Waals surface area contributed by atoms with Crippen LogP contribution in [0, 0.1) is 12.7 Å². The highest BCUT2D eigenvalue weighted by Gasteiger charge is 2.18. The number of hydrogen-bond donors (Lipinski definition) is 0. The SMILES string of the molecule is Cc1cc2oc(=O)cc(COC(=O)c3c(F)cccc3Cl)c2cc1C(C)C. The second-order valence-electron chi connectivity index (χ2n) is 6.62. The van der Waals surface area contributed by atoms with Crippen LogP contribution in [0.3, 0.4) is 0 Å². The van der Waals surface area contributed by atoms with Crippen molar-refractivity contribution in [2.24, 2.45) is 0 Å². The lowest BCUT2D eigenvalue weighted by Gasteiger charge is -2.13. The molecule has 0 amide bonds. The predicted octanol–water partition coefficient (Wildman–Crippen LogP) is 5.37. The summed E-state index contributed by atoms with van der Waals surface area (Å²) in [5, 5.41) is 0.645. The molecule has 0 fully saturated rings. The van der Waals surface area contributed by atoms with Gasteiger partial charge < -0.3 is 9.15 Å². The summed E-state index contributed by atoms with van der Waals surface area (Å²) in [6.45, 7) is 5.87. The number of benzene rings is 2. The van der Waals surface area contributed by atoms with Gasteiger partial charge in [-0.15, -0.1) is 0 Å². The molecule has 0 saturated carbocycles. The lowest BCUT2D eigenvalue weighted by atomic mass is 9.95. The van der Waals surface area contributed by atoms with Crippen molar-refractivity contribution in [3.63, 3.8) is 0 Å². The average Bonchev–Trinajstić information content (AvgIpc) is 2.58. The molecule has 27 heavy (non-hydrogen) atoms. The van der Waals surface area contributed by atoms with Gasteiger partial charge in [0, 0.05) is 17.0 Å². The third-order valence-electron chi connectivity index (χ3n) is 4.36. The molecule has 0 aliphatic rings. The van der Waals surface area contributed by atoms with Gasteiger partial charge in [0.15, 0.2) is 0 Å². The van der Waals surface area contributed by atoms with Crippen molar-refractivity contribution < 1.29 is 18.3 Å². The molecular weight excluding hydrogens is 371 g/mol. The highest BCUT2D eigenvalue weighted by molar-refractivity contribution is 6.33. The van der Waals surface area contributed by atoms with Crippen LogP contribution < -0.4 is 5.63 Å². The topological polar surface area (TPSA) is 56.5 Å². The Bertz CT molecular complexity index is 1070. The van der Waals surface area contributed by atoms with Gasteiger partial charge in [0.05, 0.1) is 5.02 Å². The third-order valence-corrected chi connectivity index (χ3v) is 4.68. The van der Waals surface area contributed by atoms with E-state index in [-0.39, 0.29) is 23.1 Å². The second kappa shape index (κ2) is 7.53. The summed E-state index contributed by atoms with van der Waals surface area (Å²) >= 11 is 5.89. The van der Waals surface area contributed by atoms with E-state index in [1.54, 1.807) is 6.07 Å². The summed E-state index contributed by atoms with van der Waals surface area (Å²) < 4.78 is 24.4. The van der Waals surface area contributed by atoms with E-state index in [0.717, 1.165) is 17.2 Å². The maximum absolute atomic E-state index is 13.9. The number of carbonyl (C=O) groups excluding carboxylic acids is 1. The minimum absolute atomic E-state index is 0.0323. The standard InChI is InChI=1S/C21H18ClFO4/c1-11(2)14-9-15-13(8-19(24)27-18(15)7-12(14)3)10-26-21(25)20-16(22)5-4-6-17(20)23/h4-9,11H,10H2,1-3H3. The Morgan fingerprint density at radius 1 is 1.26 bits per heavy atom. The Balaban J connectivity index is 1.98. The quantitative estimate of drug-likeness (QED) is 0.445. The van der Waals surface area contributed by atoms with Crippen LogP contribution in [0.1, 0.15) is 46.8 Å². The molecule has 0 N–H and O–H groups in total. The fraction of sp³-hybridized carbons (Fsp3) is 0.238. The molecule has 2 aromatic carbocycles. The average molecular weight is 389 g/mol. The van der Waals surface area contributed by atoms with Crippen molar-refractivity contribution in [3.8, 4) is 0 Å². The van der Waals surface area contributed by atoms with E-state index in [1.165, 1.54) is 18.2 Å². The first-order valence-corrected chi connectivity index (χ1v) is 8.84. The van der Waals surface area contributed by atoms with Gasteiger partial charge in [0.1, 0.15) is 23.6 Å². The summed E-state index contributed by atoms with van der Waals surface area (Å²) in [6.07, 6.45) is 0. The maximum atomic E-state index is 13.9. The first-order valence-electron chi connectivity index (χ1n) is 8.46. The monoisotopic (exact) mass is 388 g/mol. The highest BCUT2D eigenvalue weighted by Crippen LogP contribution is 2.27. The van der Waals surface area contributed by atoms with Gasteiger partial charge in [-0.3, -0.25) is 0 Å². The van der Waals surface area contributed by atoms with Crippen LogP contribution in [0.15, 0.2) is 45.6 Å². The summed E-state index contributed by atoms with van der Waals surface area (Å²) in [7, 11) is 0. The lowest BCUT2D eigenvalue weighted by Crippen LogP contribution is -2.10. The number of carbonyl (C=O) groups is 1. The maximum Gasteiger partial charge on any atom is 0.342 e. The van der Waals surface area contributed by atoms with Gasteiger partial charge in [-0.05, 0) is 48.2 Å². The van der Waals surface area contributed by atoms with Crippen molar-refractivity contribution in [2.75, 3.05) is 0 Å². The van der Waals surface area contributed by atoms with Gasteiger partial charge in [0.25, 0.3) is 0 Å². The molecule has 6 heteroatoms. The number of rotatable bonds is 4. The van der Waals surface area contributed by atoms with Crippen molar-refractivity contribution in [2.45, 2.75) is 33.3 Å². The Labute approximate surface area is 160 Å². The van der Waals surface area contributed by atoms with Gasteiger partial charge in [-0.2, -0.15) is 0 Å². The van der Waals surface area contributed by atoms with Gasteiger partial charge in [-0.25, -0.2) is 14.0 Å². The zero-order chi connectivity index (χ0) is 19.7. The molecule has 0 aliphatic heterocycles. The van der Waals surface area contributed by atoms with Crippen molar-refractivity contribution in [1.82, 2.24) is 0 Å². The minimum Gasteiger partial charge on any atom is -0.457 e. The molecule has 4 nitrogen and oxygen atoms in total. The summed E-state index contributed by atoms with van der Waals surface area (Å²) in [5.41, 5.74) is 2.14. The minimum atomic E-state index is -0.893. The third kappa shape index (κ3) is 3.88. The Morgan fingerprint density at radius 3 is 2.67 bits per heavy atom. The van der Waals surface area contributed by atoms with Gasteiger partial charge in [-0.1, -0.05) is 31.5 Å². The molecule has 0 bridgehead atoms. The summed E-state index contributed by atoms with van der Waals surface area (Å²) in [5.74, 6) is -1.38. The van der Waals surface area contributed by atoms with Gasteiger partial charge >= 0.3 is 11.6 Å². The smallest absolute Gasteiger partial charge is 0.342 e. The first-order chi connectivity index (χ1) is 12.8. The van der Waals surface area contributed by atoms with Crippen LogP contribution in [0.25, 0.3) is 11.0 Å². The second-order valence-corrected chi connectivity index (χ2v) is 7.03. The zero-order valence-corrected chi connectivity index (χ0v) is 15.9. The summed E-state index contributed by atoms with van der Waals surface area (Å²) in [4.78, 5) is 24.1. The van der Waals surface area contributed by atoms with E-state index in [0.29, 0.717) is 16.5 Å². The number of aryl methyl sites for hydroxylation is 1. The van der Waals surface area contributed by atoms with Crippen LogP contribution in [-0.4, -0.2) is 5.97 Å². The molecule has 0 spiro atoms. The molecule has 0 unspecified atom stereocenters. The highest BCUT2D eigenvalue weighted by atomic mass is 35.5. The van der Waals surface area contributed by atoms with Crippen LogP contribution in [0.5, 0.6) is 0 Å². The van der Waals surface area contributed by atoms with E-state index in [1.807, 2.05) is 13.0 Å². The normalized spacial score (nSPS) is 11.2. The molecular formula is C21H18ClFO4. The largest absolute Gasteiger partial charge is 0.457 e. The van der Waals surface area contributed by atoms with Crippen LogP contribution in [0.4, 0.5) is 4.39 Å². The Morgan fingerprint density at radius 2 is 2.00 bits per heavy atom. The molecule has 0 radical (unpaired) electrons. The number of fused-ring (bicyclic) bond motifs is 1. The van der Waals surface area contributed by atoms with Crippen LogP contribution >= 0.6 is 11.6 Å². The van der Waals surface area contributed by atoms with E-state index in [2.05, 4.69) is 13.8 Å². The number of halogens is 2. The predicted molar refractivity (Wildman–Crippen MR) is 102 cm³/mol. The van der Waals surface area contributed by atoms with Crippen molar-refractivity contribution >= 4 is 28.5 Å². The lowest BCUT2D eigenvalue weighted by molar-refractivity contribution is 0.0468. The van der Waals surface area contributed by atoms with Crippen molar-refractivity contribution in [1.29, 1.82) is 0 Å². The molecule has 140 valence electrons. The summed E-state index contributed by atoms with van der Waals surface area (Å²) in [6, 6.07) is 8.94. The fourth-order valence-electron chi connectivity index (χ4n) is 3.04.